The molecule has 0 aromatic rings. The largest absolute Gasteiger partial charge is 0.299 e. The smallest absolute Gasteiger partial charge is 0.140 e. The summed E-state index contributed by atoms with van der Waals surface area (Å²) in [7, 11) is 0. The van der Waals surface area contributed by atoms with Gasteiger partial charge in [0.05, 0.1) is 6.42 Å². The van der Waals surface area contributed by atoms with Gasteiger partial charge in [0.15, 0.2) is 0 Å². The van der Waals surface area contributed by atoms with Crippen LogP contribution < -0.4 is 0 Å². The molecule has 0 amide bonds. The van der Waals surface area contributed by atoms with Gasteiger partial charge in [-0.2, -0.15) is 0 Å². The standard InChI is InChI=1S/C11H18O2/c1-3-5-11(4-2)7-9(12)6-10(13)8-11/h3-8H2,1-2H3. The van der Waals surface area contributed by atoms with Crippen LogP contribution in [-0.2, 0) is 9.59 Å². The van der Waals surface area contributed by atoms with Crippen molar-refractivity contribution >= 4 is 11.6 Å². The normalized spacial score (nSPS) is 22.0. The van der Waals surface area contributed by atoms with Gasteiger partial charge in [-0.15, -0.1) is 0 Å². The van der Waals surface area contributed by atoms with E-state index in [1.165, 1.54) is 0 Å². The molecule has 1 saturated carbocycles. The second-order valence-electron chi connectivity index (χ2n) is 4.21. The predicted molar refractivity (Wildman–Crippen MR) is 51.5 cm³/mol. The summed E-state index contributed by atoms with van der Waals surface area (Å²) in [5, 5.41) is 0. The van der Waals surface area contributed by atoms with Gasteiger partial charge in [0.1, 0.15) is 11.6 Å². The molecule has 13 heavy (non-hydrogen) atoms. The summed E-state index contributed by atoms with van der Waals surface area (Å²) in [5.74, 6) is 0.290. The first-order chi connectivity index (χ1) is 6.12. The van der Waals surface area contributed by atoms with Crippen molar-refractivity contribution in [2.45, 2.75) is 52.4 Å². The molecule has 2 nitrogen and oxygen atoms in total. The van der Waals surface area contributed by atoms with Crippen molar-refractivity contribution in [2.75, 3.05) is 0 Å². The first-order valence-electron chi connectivity index (χ1n) is 5.15. The second-order valence-corrected chi connectivity index (χ2v) is 4.21. The number of carbonyl (C=O) groups excluding carboxylic acids is 2. The van der Waals surface area contributed by atoms with Crippen molar-refractivity contribution in [1.29, 1.82) is 0 Å². The summed E-state index contributed by atoms with van der Waals surface area (Å²) in [6.07, 6.45) is 4.48. The zero-order valence-electron chi connectivity index (χ0n) is 8.56. The third-order valence-corrected chi connectivity index (χ3v) is 3.07. The lowest BCUT2D eigenvalue weighted by molar-refractivity contribution is -0.134. The van der Waals surface area contributed by atoms with E-state index in [-0.39, 0.29) is 23.4 Å². The van der Waals surface area contributed by atoms with E-state index in [4.69, 9.17) is 0 Å². The van der Waals surface area contributed by atoms with Crippen molar-refractivity contribution in [1.82, 2.24) is 0 Å². The highest BCUT2D eigenvalue weighted by Crippen LogP contribution is 2.40. The molecule has 0 N–H and O–H groups in total. The van der Waals surface area contributed by atoms with E-state index in [9.17, 15) is 9.59 Å². The van der Waals surface area contributed by atoms with Crippen LogP contribution in [0.4, 0.5) is 0 Å². The molecule has 2 heteroatoms. The molecule has 0 spiro atoms. The molecular formula is C11H18O2. The van der Waals surface area contributed by atoms with Gasteiger partial charge in [-0.3, -0.25) is 9.59 Å². The lowest BCUT2D eigenvalue weighted by atomic mass is 9.69. The van der Waals surface area contributed by atoms with Crippen LogP contribution in [0.2, 0.25) is 0 Å². The summed E-state index contributed by atoms with van der Waals surface area (Å²) < 4.78 is 0. The maximum Gasteiger partial charge on any atom is 0.140 e. The van der Waals surface area contributed by atoms with Crippen LogP contribution in [0, 0.1) is 5.41 Å². The second kappa shape index (κ2) is 4.03. The summed E-state index contributed by atoms with van der Waals surface area (Å²) in [6, 6.07) is 0. The average molecular weight is 182 g/mol. The van der Waals surface area contributed by atoms with Gasteiger partial charge in [0, 0.05) is 12.8 Å². The highest BCUT2D eigenvalue weighted by Gasteiger charge is 2.37. The fourth-order valence-corrected chi connectivity index (χ4v) is 2.38. The molecule has 0 atom stereocenters. The molecule has 1 aliphatic rings. The zero-order valence-corrected chi connectivity index (χ0v) is 8.56. The quantitative estimate of drug-likeness (QED) is 0.628. The van der Waals surface area contributed by atoms with Crippen LogP contribution >= 0.6 is 0 Å². The van der Waals surface area contributed by atoms with E-state index < -0.39 is 0 Å². The van der Waals surface area contributed by atoms with Gasteiger partial charge in [0.2, 0.25) is 0 Å². The van der Waals surface area contributed by atoms with Gasteiger partial charge in [0.25, 0.3) is 0 Å². The summed E-state index contributed by atoms with van der Waals surface area (Å²) in [5.41, 5.74) is 0.0150. The summed E-state index contributed by atoms with van der Waals surface area (Å²) in [6.45, 7) is 4.20. The number of ketones is 2. The van der Waals surface area contributed by atoms with E-state index in [0.717, 1.165) is 19.3 Å². The van der Waals surface area contributed by atoms with Crippen LogP contribution in [0.5, 0.6) is 0 Å². The number of Topliss-reactive ketones (excluding diaryl/α,β-unsaturated/α-hetero) is 2. The number of carbonyl (C=O) groups is 2. The Bertz CT molecular complexity index is 202. The summed E-state index contributed by atoms with van der Waals surface area (Å²) >= 11 is 0. The van der Waals surface area contributed by atoms with Gasteiger partial charge < -0.3 is 0 Å². The molecule has 1 rings (SSSR count). The molecule has 1 aliphatic carbocycles. The first kappa shape index (κ1) is 10.4. The van der Waals surface area contributed by atoms with Crippen LogP contribution in [0.15, 0.2) is 0 Å². The third kappa shape index (κ3) is 2.39. The van der Waals surface area contributed by atoms with E-state index in [1.807, 2.05) is 0 Å². The minimum Gasteiger partial charge on any atom is -0.299 e. The minimum absolute atomic E-state index is 0.0150. The van der Waals surface area contributed by atoms with Gasteiger partial charge >= 0.3 is 0 Å². The van der Waals surface area contributed by atoms with Crippen LogP contribution in [-0.4, -0.2) is 11.6 Å². The fraction of sp³-hybridized carbons (Fsp3) is 0.818. The first-order valence-corrected chi connectivity index (χ1v) is 5.15. The Balaban J connectivity index is 2.73. The molecule has 0 bridgehead atoms. The molecule has 0 aromatic heterocycles. The van der Waals surface area contributed by atoms with Gasteiger partial charge in [-0.25, -0.2) is 0 Å². The molecule has 74 valence electrons. The molecule has 0 saturated heterocycles. The van der Waals surface area contributed by atoms with E-state index in [2.05, 4.69) is 13.8 Å². The van der Waals surface area contributed by atoms with Crippen molar-refractivity contribution in [3.8, 4) is 0 Å². The Labute approximate surface area is 79.7 Å². The van der Waals surface area contributed by atoms with Crippen molar-refractivity contribution in [3.63, 3.8) is 0 Å². The maximum atomic E-state index is 11.3. The SMILES string of the molecule is CCCC1(CC)CC(=O)CC(=O)C1. The zero-order chi connectivity index (χ0) is 9.90. The van der Waals surface area contributed by atoms with E-state index in [0.29, 0.717) is 12.8 Å². The Morgan fingerprint density at radius 1 is 1.15 bits per heavy atom. The molecule has 0 heterocycles. The van der Waals surface area contributed by atoms with Crippen LogP contribution in [0.3, 0.4) is 0 Å². The number of hydrogen-bond acceptors (Lipinski definition) is 2. The number of rotatable bonds is 3. The topological polar surface area (TPSA) is 34.1 Å². The lowest BCUT2D eigenvalue weighted by Gasteiger charge is -2.34. The average Bonchev–Trinajstić information content (AvgIpc) is 2.03. The molecule has 1 fully saturated rings. The lowest BCUT2D eigenvalue weighted by Crippen LogP contribution is -2.33. The fourth-order valence-electron chi connectivity index (χ4n) is 2.38. The van der Waals surface area contributed by atoms with Gasteiger partial charge in [-0.1, -0.05) is 20.3 Å². The van der Waals surface area contributed by atoms with Crippen LogP contribution in [0.1, 0.15) is 52.4 Å². The van der Waals surface area contributed by atoms with Crippen molar-refractivity contribution in [3.05, 3.63) is 0 Å². The van der Waals surface area contributed by atoms with Crippen LogP contribution in [0.25, 0.3) is 0 Å². The highest BCUT2D eigenvalue weighted by molar-refractivity contribution is 6.02. The third-order valence-electron chi connectivity index (χ3n) is 3.07. The minimum atomic E-state index is 0.0150. The Morgan fingerprint density at radius 3 is 2.08 bits per heavy atom. The molecule has 0 radical (unpaired) electrons. The van der Waals surface area contributed by atoms with Crippen molar-refractivity contribution in [2.24, 2.45) is 5.41 Å². The molecule has 0 aliphatic heterocycles. The molecule has 0 unspecified atom stereocenters. The molecule has 0 aromatic carbocycles. The van der Waals surface area contributed by atoms with E-state index in [1.54, 1.807) is 0 Å². The van der Waals surface area contributed by atoms with Crippen molar-refractivity contribution < 1.29 is 9.59 Å². The molecular weight excluding hydrogens is 164 g/mol. The Morgan fingerprint density at radius 2 is 1.69 bits per heavy atom. The Hall–Kier alpha value is -0.660. The summed E-state index contributed by atoms with van der Waals surface area (Å²) in [4.78, 5) is 22.6. The Kier molecular flexibility index (Phi) is 3.23. The van der Waals surface area contributed by atoms with E-state index >= 15 is 0 Å². The predicted octanol–water partition coefficient (Wildman–Crippen LogP) is 2.51. The van der Waals surface area contributed by atoms with Gasteiger partial charge in [-0.05, 0) is 18.3 Å². The maximum absolute atomic E-state index is 11.3. The number of hydrogen-bond donors (Lipinski definition) is 0. The highest BCUT2D eigenvalue weighted by atomic mass is 16.1. The monoisotopic (exact) mass is 182 g/mol.